The van der Waals surface area contributed by atoms with Gasteiger partial charge in [-0.3, -0.25) is 4.79 Å². The molecule has 3 heteroatoms. The summed E-state index contributed by atoms with van der Waals surface area (Å²) in [6, 6.07) is 0.333. The third kappa shape index (κ3) is 2.99. The van der Waals surface area contributed by atoms with Gasteiger partial charge in [0.1, 0.15) is 0 Å². The normalized spacial score (nSPS) is 28.2. The highest BCUT2D eigenvalue weighted by atomic mass is 16.1. The van der Waals surface area contributed by atoms with Gasteiger partial charge in [0.15, 0.2) is 0 Å². The lowest BCUT2D eigenvalue weighted by Gasteiger charge is -2.17. The molecule has 2 unspecified atom stereocenters. The largest absolute Gasteiger partial charge is 0.369 e. The second kappa shape index (κ2) is 4.61. The van der Waals surface area contributed by atoms with Crippen molar-refractivity contribution in [1.29, 1.82) is 0 Å². The molecule has 1 aliphatic rings. The van der Waals surface area contributed by atoms with E-state index in [0.29, 0.717) is 12.0 Å². The number of nitrogens with two attached hydrogens (primary N) is 1. The number of carbonyl (C=O) groups excluding carboxylic acids is 1. The fourth-order valence-electron chi connectivity index (χ4n) is 1.92. The minimum Gasteiger partial charge on any atom is -0.369 e. The van der Waals surface area contributed by atoms with E-state index in [2.05, 4.69) is 19.2 Å². The zero-order valence-electron chi connectivity index (χ0n) is 8.55. The summed E-state index contributed by atoms with van der Waals surface area (Å²) in [6.45, 7) is 5.35. The average molecular weight is 184 g/mol. The Morgan fingerprint density at radius 2 is 2.31 bits per heavy atom. The minimum atomic E-state index is -0.140. The molecule has 0 radical (unpaired) electrons. The number of carbonyl (C=O) groups is 1. The van der Waals surface area contributed by atoms with E-state index in [0.717, 1.165) is 19.4 Å². The number of hydrogen-bond donors (Lipinski definition) is 2. The van der Waals surface area contributed by atoms with Crippen molar-refractivity contribution in [3.8, 4) is 0 Å². The van der Waals surface area contributed by atoms with E-state index < -0.39 is 0 Å². The van der Waals surface area contributed by atoms with Crippen molar-refractivity contribution in [2.45, 2.75) is 39.2 Å². The van der Waals surface area contributed by atoms with E-state index in [1.807, 2.05) is 0 Å². The summed E-state index contributed by atoms with van der Waals surface area (Å²) in [5.74, 6) is 0.633. The molecular formula is C10H20N2O. The van der Waals surface area contributed by atoms with Gasteiger partial charge in [0.2, 0.25) is 5.91 Å². The van der Waals surface area contributed by atoms with Crippen LogP contribution in [0.15, 0.2) is 0 Å². The highest BCUT2D eigenvalue weighted by Crippen LogP contribution is 2.20. The van der Waals surface area contributed by atoms with E-state index in [1.54, 1.807) is 0 Å². The molecule has 1 fully saturated rings. The molecule has 0 bridgehead atoms. The van der Waals surface area contributed by atoms with Crippen LogP contribution >= 0.6 is 0 Å². The lowest BCUT2D eigenvalue weighted by atomic mass is 9.93. The second-order valence-electron chi connectivity index (χ2n) is 4.33. The zero-order valence-corrected chi connectivity index (χ0v) is 8.55. The fraction of sp³-hybridized carbons (Fsp3) is 0.900. The molecule has 3 nitrogen and oxygen atoms in total. The SMILES string of the molecule is CC(C)CCC1NCCC1C(N)=O. The molecule has 1 aliphatic heterocycles. The lowest BCUT2D eigenvalue weighted by Crippen LogP contribution is -2.35. The fourth-order valence-corrected chi connectivity index (χ4v) is 1.92. The summed E-state index contributed by atoms with van der Waals surface area (Å²) < 4.78 is 0. The van der Waals surface area contributed by atoms with Crippen LogP contribution in [-0.4, -0.2) is 18.5 Å². The lowest BCUT2D eigenvalue weighted by molar-refractivity contribution is -0.122. The van der Waals surface area contributed by atoms with E-state index in [9.17, 15) is 4.79 Å². The molecule has 0 aromatic carbocycles. The molecule has 1 saturated heterocycles. The third-order valence-electron chi connectivity index (χ3n) is 2.77. The first-order valence-electron chi connectivity index (χ1n) is 5.14. The van der Waals surface area contributed by atoms with Gasteiger partial charge in [-0.15, -0.1) is 0 Å². The zero-order chi connectivity index (χ0) is 9.84. The van der Waals surface area contributed by atoms with Crippen molar-refractivity contribution < 1.29 is 4.79 Å². The van der Waals surface area contributed by atoms with Gasteiger partial charge in [-0.25, -0.2) is 0 Å². The first kappa shape index (κ1) is 10.5. The number of primary amides is 1. The van der Waals surface area contributed by atoms with Crippen LogP contribution in [0.25, 0.3) is 0 Å². The molecule has 1 heterocycles. The Balaban J connectivity index is 2.35. The van der Waals surface area contributed by atoms with Crippen molar-refractivity contribution in [1.82, 2.24) is 5.32 Å². The van der Waals surface area contributed by atoms with E-state index in [-0.39, 0.29) is 11.8 Å². The first-order chi connectivity index (χ1) is 6.11. The van der Waals surface area contributed by atoms with Gasteiger partial charge in [0, 0.05) is 6.04 Å². The van der Waals surface area contributed by atoms with Gasteiger partial charge in [-0.05, 0) is 31.7 Å². The Morgan fingerprint density at radius 1 is 1.62 bits per heavy atom. The van der Waals surface area contributed by atoms with Crippen LogP contribution in [-0.2, 0) is 4.79 Å². The molecule has 1 amide bonds. The van der Waals surface area contributed by atoms with Crippen molar-refractivity contribution in [3.05, 3.63) is 0 Å². The van der Waals surface area contributed by atoms with E-state index in [1.165, 1.54) is 6.42 Å². The quantitative estimate of drug-likeness (QED) is 0.681. The smallest absolute Gasteiger partial charge is 0.222 e. The Kier molecular flexibility index (Phi) is 3.72. The van der Waals surface area contributed by atoms with Gasteiger partial charge in [-0.1, -0.05) is 13.8 Å². The average Bonchev–Trinajstić information content (AvgIpc) is 2.47. The van der Waals surface area contributed by atoms with Gasteiger partial charge >= 0.3 is 0 Å². The van der Waals surface area contributed by atoms with E-state index >= 15 is 0 Å². The molecule has 1 rings (SSSR count). The van der Waals surface area contributed by atoms with Crippen LogP contribution in [0, 0.1) is 11.8 Å². The first-order valence-corrected chi connectivity index (χ1v) is 5.14. The van der Waals surface area contributed by atoms with Crippen LogP contribution in [0.3, 0.4) is 0 Å². The standard InChI is InChI=1S/C10H20N2O/c1-7(2)3-4-9-8(10(11)13)5-6-12-9/h7-9,12H,3-6H2,1-2H3,(H2,11,13). The Morgan fingerprint density at radius 3 is 2.85 bits per heavy atom. The molecule has 76 valence electrons. The Bertz CT molecular complexity index is 180. The Labute approximate surface area is 80.1 Å². The number of amides is 1. The molecule has 0 spiro atoms. The Hall–Kier alpha value is -0.570. The molecule has 0 aromatic rings. The van der Waals surface area contributed by atoms with Gasteiger partial charge < -0.3 is 11.1 Å². The van der Waals surface area contributed by atoms with Crippen LogP contribution in [0.2, 0.25) is 0 Å². The van der Waals surface area contributed by atoms with Gasteiger partial charge in [0.05, 0.1) is 5.92 Å². The third-order valence-corrected chi connectivity index (χ3v) is 2.77. The monoisotopic (exact) mass is 184 g/mol. The van der Waals surface area contributed by atoms with Crippen molar-refractivity contribution in [2.24, 2.45) is 17.6 Å². The molecule has 2 atom stereocenters. The van der Waals surface area contributed by atoms with Crippen molar-refractivity contribution >= 4 is 5.91 Å². The highest BCUT2D eigenvalue weighted by Gasteiger charge is 2.30. The predicted octanol–water partition coefficient (Wildman–Crippen LogP) is 0.886. The summed E-state index contributed by atoms with van der Waals surface area (Å²) in [7, 11) is 0. The van der Waals surface area contributed by atoms with Crippen LogP contribution in [0.5, 0.6) is 0 Å². The second-order valence-corrected chi connectivity index (χ2v) is 4.33. The van der Waals surface area contributed by atoms with Crippen LogP contribution in [0.1, 0.15) is 33.1 Å². The molecule has 0 saturated carbocycles. The summed E-state index contributed by atoms with van der Waals surface area (Å²) >= 11 is 0. The number of nitrogens with one attached hydrogen (secondary N) is 1. The van der Waals surface area contributed by atoms with Crippen LogP contribution < -0.4 is 11.1 Å². The molecule has 13 heavy (non-hydrogen) atoms. The highest BCUT2D eigenvalue weighted by molar-refractivity contribution is 5.77. The molecule has 0 aromatic heterocycles. The summed E-state index contributed by atoms with van der Waals surface area (Å²) in [5.41, 5.74) is 5.32. The number of rotatable bonds is 4. The topological polar surface area (TPSA) is 55.1 Å². The summed E-state index contributed by atoms with van der Waals surface area (Å²) in [6.07, 6.45) is 3.16. The molecule has 0 aliphatic carbocycles. The minimum absolute atomic E-state index is 0.0683. The predicted molar refractivity (Wildman–Crippen MR) is 53.2 cm³/mol. The van der Waals surface area contributed by atoms with Gasteiger partial charge in [-0.2, -0.15) is 0 Å². The van der Waals surface area contributed by atoms with Gasteiger partial charge in [0.25, 0.3) is 0 Å². The summed E-state index contributed by atoms with van der Waals surface area (Å²) in [5, 5.41) is 3.34. The number of hydrogen-bond acceptors (Lipinski definition) is 2. The van der Waals surface area contributed by atoms with Crippen molar-refractivity contribution in [2.75, 3.05) is 6.54 Å². The maximum absolute atomic E-state index is 11.0. The maximum atomic E-state index is 11.0. The van der Waals surface area contributed by atoms with E-state index in [4.69, 9.17) is 5.73 Å². The maximum Gasteiger partial charge on any atom is 0.222 e. The summed E-state index contributed by atoms with van der Waals surface area (Å²) in [4.78, 5) is 11.0. The van der Waals surface area contributed by atoms with Crippen molar-refractivity contribution in [3.63, 3.8) is 0 Å². The molecular weight excluding hydrogens is 164 g/mol. The molecule has 3 N–H and O–H groups in total. The van der Waals surface area contributed by atoms with Crippen LogP contribution in [0.4, 0.5) is 0 Å².